The van der Waals surface area contributed by atoms with Gasteiger partial charge in [-0.2, -0.15) is 0 Å². The summed E-state index contributed by atoms with van der Waals surface area (Å²) in [5.74, 6) is 0.418. The number of benzene rings is 1. The molecule has 33 heavy (non-hydrogen) atoms. The zero-order valence-corrected chi connectivity index (χ0v) is 20.1. The van der Waals surface area contributed by atoms with E-state index in [1.165, 1.54) is 6.07 Å². The molecular weight excluding hydrogens is 443 g/mol. The van der Waals surface area contributed by atoms with Crippen LogP contribution in [0.15, 0.2) is 30.5 Å². The van der Waals surface area contributed by atoms with E-state index in [9.17, 15) is 9.50 Å². The standard InChI is InChI=1S/C25H34ClFN4O2/c1-16(14-33-2)30-18-4-6-19(7-5-18)31-24-12-20(21(26)13-28-24)17-3-8-22(27)23(11-17)29-15-25(32)9-10-25/h3,8,11-13,16,18-19,29-30,32H,4-7,9-10,14-15H2,1-2H3,(H,28,31)/t16-,18?,19?/m1/s1. The van der Waals surface area contributed by atoms with Crippen LogP contribution >= 0.6 is 11.6 Å². The number of pyridine rings is 1. The van der Waals surface area contributed by atoms with Crippen molar-refractivity contribution in [1.82, 2.24) is 10.3 Å². The zero-order valence-electron chi connectivity index (χ0n) is 19.3. The molecule has 4 N–H and O–H groups in total. The van der Waals surface area contributed by atoms with Crippen LogP contribution in [-0.2, 0) is 4.74 Å². The fourth-order valence-corrected chi connectivity index (χ4v) is 4.67. The summed E-state index contributed by atoms with van der Waals surface area (Å²) in [5, 5.41) is 20.8. The Morgan fingerprint density at radius 1 is 1.21 bits per heavy atom. The average Bonchev–Trinajstić information content (AvgIpc) is 3.53. The van der Waals surface area contributed by atoms with E-state index in [1.807, 2.05) is 6.07 Å². The number of hydrogen-bond acceptors (Lipinski definition) is 6. The van der Waals surface area contributed by atoms with Gasteiger partial charge in [-0.1, -0.05) is 17.7 Å². The number of hydrogen-bond donors (Lipinski definition) is 4. The molecule has 0 spiro atoms. The molecule has 180 valence electrons. The Morgan fingerprint density at radius 3 is 2.64 bits per heavy atom. The molecule has 2 fully saturated rings. The maximum Gasteiger partial charge on any atom is 0.146 e. The number of rotatable bonds is 10. The van der Waals surface area contributed by atoms with Crippen LogP contribution in [0, 0.1) is 5.82 Å². The van der Waals surface area contributed by atoms with E-state index in [0.717, 1.165) is 62.1 Å². The van der Waals surface area contributed by atoms with Crippen LogP contribution in [0.2, 0.25) is 5.02 Å². The van der Waals surface area contributed by atoms with Gasteiger partial charge in [-0.05, 0) is 69.2 Å². The van der Waals surface area contributed by atoms with Crippen molar-refractivity contribution in [2.24, 2.45) is 0 Å². The summed E-state index contributed by atoms with van der Waals surface area (Å²) in [4.78, 5) is 4.47. The number of nitrogens with zero attached hydrogens (tertiary/aromatic N) is 1. The van der Waals surface area contributed by atoms with Crippen molar-refractivity contribution in [2.45, 2.75) is 69.2 Å². The number of halogens is 2. The van der Waals surface area contributed by atoms with Crippen molar-refractivity contribution in [1.29, 1.82) is 0 Å². The topological polar surface area (TPSA) is 78.4 Å². The molecule has 2 saturated carbocycles. The van der Waals surface area contributed by atoms with Crippen LogP contribution in [0.3, 0.4) is 0 Å². The highest BCUT2D eigenvalue weighted by Gasteiger charge is 2.40. The molecule has 0 radical (unpaired) electrons. The third kappa shape index (κ3) is 6.57. The van der Waals surface area contributed by atoms with Crippen molar-refractivity contribution in [2.75, 3.05) is 30.9 Å². The molecule has 2 aliphatic carbocycles. The second-order valence-corrected chi connectivity index (χ2v) is 9.95. The minimum atomic E-state index is -0.704. The predicted molar refractivity (Wildman–Crippen MR) is 131 cm³/mol. The fourth-order valence-electron chi connectivity index (χ4n) is 4.46. The Hall–Kier alpha value is -1.93. The van der Waals surface area contributed by atoms with Crippen molar-refractivity contribution in [3.05, 3.63) is 41.3 Å². The van der Waals surface area contributed by atoms with Crippen LogP contribution in [0.1, 0.15) is 45.4 Å². The second kappa shape index (κ2) is 10.6. The summed E-state index contributed by atoms with van der Waals surface area (Å²) in [7, 11) is 1.73. The third-order valence-electron chi connectivity index (χ3n) is 6.58. The van der Waals surface area contributed by atoms with Crippen LogP contribution in [0.5, 0.6) is 0 Å². The first-order chi connectivity index (χ1) is 15.8. The number of nitrogens with one attached hydrogen (secondary N) is 3. The van der Waals surface area contributed by atoms with Crippen molar-refractivity contribution in [3.8, 4) is 11.1 Å². The van der Waals surface area contributed by atoms with Crippen LogP contribution in [0.25, 0.3) is 11.1 Å². The van der Waals surface area contributed by atoms with Gasteiger partial charge in [0.05, 0.1) is 22.9 Å². The Kier molecular flexibility index (Phi) is 7.74. The first kappa shape index (κ1) is 24.2. The van der Waals surface area contributed by atoms with Crippen LogP contribution < -0.4 is 16.0 Å². The summed E-state index contributed by atoms with van der Waals surface area (Å²) in [6.45, 7) is 3.21. The van der Waals surface area contributed by atoms with E-state index in [4.69, 9.17) is 16.3 Å². The average molecular weight is 477 g/mol. The molecular formula is C25H34ClFN4O2. The summed E-state index contributed by atoms with van der Waals surface area (Å²) < 4.78 is 19.5. The Balaban J connectivity index is 1.39. The molecule has 1 atom stereocenters. The molecule has 2 aliphatic rings. The Labute approximate surface area is 200 Å². The molecule has 0 aliphatic heterocycles. The highest BCUT2D eigenvalue weighted by Crippen LogP contribution is 2.36. The lowest BCUT2D eigenvalue weighted by atomic mass is 9.90. The van der Waals surface area contributed by atoms with Gasteiger partial charge in [0.1, 0.15) is 11.6 Å². The number of anilines is 2. The largest absolute Gasteiger partial charge is 0.388 e. The molecule has 1 heterocycles. The SMILES string of the molecule is COC[C@@H](C)NC1CCC(Nc2cc(-c3ccc(F)c(NCC4(O)CC4)c3)c(Cl)cn2)CC1. The van der Waals surface area contributed by atoms with Crippen LogP contribution in [0.4, 0.5) is 15.9 Å². The third-order valence-corrected chi connectivity index (χ3v) is 6.89. The molecule has 0 bridgehead atoms. The fraction of sp³-hybridized carbons (Fsp3) is 0.560. The highest BCUT2D eigenvalue weighted by molar-refractivity contribution is 6.33. The zero-order chi connectivity index (χ0) is 23.4. The van der Waals surface area contributed by atoms with E-state index in [0.29, 0.717) is 35.4 Å². The van der Waals surface area contributed by atoms with Gasteiger partial charge in [-0.25, -0.2) is 9.37 Å². The van der Waals surface area contributed by atoms with Gasteiger partial charge in [0.25, 0.3) is 0 Å². The molecule has 2 aromatic rings. The quantitative estimate of drug-likeness (QED) is 0.393. The Morgan fingerprint density at radius 2 is 1.94 bits per heavy atom. The van der Waals surface area contributed by atoms with E-state index >= 15 is 0 Å². The number of methoxy groups -OCH3 is 1. The molecule has 6 nitrogen and oxygen atoms in total. The van der Waals surface area contributed by atoms with E-state index in [1.54, 1.807) is 25.4 Å². The lowest BCUT2D eigenvalue weighted by Crippen LogP contribution is -2.42. The van der Waals surface area contributed by atoms with Crippen molar-refractivity contribution in [3.63, 3.8) is 0 Å². The molecule has 0 amide bonds. The molecule has 8 heteroatoms. The maximum atomic E-state index is 14.3. The van der Waals surface area contributed by atoms with E-state index in [2.05, 4.69) is 27.9 Å². The summed E-state index contributed by atoms with van der Waals surface area (Å²) >= 11 is 6.46. The van der Waals surface area contributed by atoms with Gasteiger partial charge < -0.3 is 25.8 Å². The van der Waals surface area contributed by atoms with Gasteiger partial charge in [-0.3, -0.25) is 0 Å². The smallest absolute Gasteiger partial charge is 0.146 e. The molecule has 1 aromatic carbocycles. The maximum absolute atomic E-state index is 14.3. The first-order valence-electron chi connectivity index (χ1n) is 11.8. The minimum Gasteiger partial charge on any atom is -0.388 e. The summed E-state index contributed by atoms with van der Waals surface area (Å²) in [6.07, 6.45) is 7.46. The molecule has 0 saturated heterocycles. The van der Waals surface area contributed by atoms with E-state index in [-0.39, 0.29) is 5.82 Å². The predicted octanol–water partition coefficient (Wildman–Crippen LogP) is 4.83. The van der Waals surface area contributed by atoms with E-state index < -0.39 is 5.60 Å². The van der Waals surface area contributed by atoms with Gasteiger partial charge in [0.15, 0.2) is 0 Å². The number of aromatic nitrogens is 1. The molecule has 1 aromatic heterocycles. The van der Waals surface area contributed by atoms with Crippen molar-refractivity contribution < 1.29 is 14.2 Å². The molecule has 4 rings (SSSR count). The number of ether oxygens (including phenoxy) is 1. The lowest BCUT2D eigenvalue weighted by Gasteiger charge is -2.32. The van der Waals surface area contributed by atoms with Crippen molar-refractivity contribution >= 4 is 23.1 Å². The van der Waals surface area contributed by atoms with Gasteiger partial charge in [-0.15, -0.1) is 0 Å². The van der Waals surface area contributed by atoms with Gasteiger partial charge in [0.2, 0.25) is 0 Å². The van der Waals surface area contributed by atoms with Gasteiger partial charge in [0, 0.05) is 43.5 Å². The summed E-state index contributed by atoms with van der Waals surface area (Å²) in [5.41, 5.74) is 1.26. The summed E-state index contributed by atoms with van der Waals surface area (Å²) in [6, 6.07) is 8.04. The Bertz CT molecular complexity index is 948. The second-order valence-electron chi connectivity index (χ2n) is 9.54. The number of aliphatic hydroxyl groups is 1. The van der Waals surface area contributed by atoms with Crippen LogP contribution in [-0.4, -0.2) is 54.1 Å². The van der Waals surface area contributed by atoms with Gasteiger partial charge >= 0.3 is 0 Å². The highest BCUT2D eigenvalue weighted by atomic mass is 35.5. The first-order valence-corrected chi connectivity index (χ1v) is 12.2. The minimum absolute atomic E-state index is 0.339. The monoisotopic (exact) mass is 476 g/mol. The molecule has 0 unspecified atom stereocenters. The normalized spacial score (nSPS) is 22.6. The lowest BCUT2D eigenvalue weighted by molar-refractivity contribution is 0.161.